The number of aromatic nitrogens is 1. The van der Waals surface area contributed by atoms with Crippen molar-refractivity contribution in [3.8, 4) is 5.75 Å². The van der Waals surface area contributed by atoms with Crippen molar-refractivity contribution in [1.29, 1.82) is 0 Å². The Hall–Kier alpha value is -1.94. The maximum absolute atomic E-state index is 10.8. The quantitative estimate of drug-likeness (QED) is 0.787. The topological polar surface area (TPSA) is 59.4 Å². The number of nitrogens with zero attached hydrogens (tertiary/aromatic N) is 1. The van der Waals surface area contributed by atoms with E-state index in [0.717, 1.165) is 11.7 Å². The molecule has 4 heteroatoms. The van der Waals surface area contributed by atoms with Crippen molar-refractivity contribution < 1.29 is 14.6 Å². The van der Waals surface area contributed by atoms with Crippen molar-refractivity contribution in [3.63, 3.8) is 0 Å². The van der Waals surface area contributed by atoms with Crippen LogP contribution >= 0.6 is 0 Å². The smallest absolute Gasteiger partial charge is 0.150 e. The van der Waals surface area contributed by atoms with E-state index in [1.54, 1.807) is 24.4 Å². The van der Waals surface area contributed by atoms with Gasteiger partial charge in [-0.2, -0.15) is 0 Å². The Morgan fingerprint density at radius 1 is 1.44 bits per heavy atom. The number of aliphatic hydroxyl groups excluding tert-OH is 1. The molecule has 2 aromatic rings. The predicted molar refractivity (Wildman–Crippen MR) is 59.7 cm³/mol. The first kappa shape index (κ1) is 10.6. The van der Waals surface area contributed by atoms with Crippen molar-refractivity contribution in [2.45, 2.75) is 0 Å². The van der Waals surface area contributed by atoms with E-state index in [9.17, 15) is 4.79 Å². The van der Waals surface area contributed by atoms with Gasteiger partial charge in [0, 0.05) is 17.1 Å². The number of rotatable bonds is 4. The van der Waals surface area contributed by atoms with Gasteiger partial charge in [-0.15, -0.1) is 0 Å². The maximum atomic E-state index is 10.8. The van der Waals surface area contributed by atoms with Gasteiger partial charge >= 0.3 is 0 Å². The number of carbonyl (C=O) groups excluding carboxylic acids is 1. The van der Waals surface area contributed by atoms with Crippen molar-refractivity contribution >= 4 is 17.2 Å². The average molecular weight is 217 g/mol. The van der Waals surface area contributed by atoms with E-state index in [4.69, 9.17) is 9.84 Å². The first-order valence-electron chi connectivity index (χ1n) is 4.93. The van der Waals surface area contributed by atoms with Gasteiger partial charge in [-0.1, -0.05) is 6.07 Å². The summed E-state index contributed by atoms with van der Waals surface area (Å²) in [6, 6.07) is 7.03. The Balaban J connectivity index is 2.54. The van der Waals surface area contributed by atoms with Gasteiger partial charge in [-0.3, -0.25) is 9.78 Å². The summed E-state index contributed by atoms with van der Waals surface area (Å²) in [6.45, 7) is 0.119. The van der Waals surface area contributed by atoms with Gasteiger partial charge in [0.2, 0.25) is 0 Å². The average Bonchev–Trinajstić information content (AvgIpc) is 2.35. The van der Waals surface area contributed by atoms with Gasteiger partial charge < -0.3 is 9.84 Å². The third-order valence-corrected chi connectivity index (χ3v) is 2.18. The third kappa shape index (κ3) is 2.01. The van der Waals surface area contributed by atoms with Crippen LogP contribution < -0.4 is 4.74 Å². The van der Waals surface area contributed by atoms with Crippen LogP contribution in [0, 0.1) is 0 Å². The molecule has 1 aromatic heterocycles. The van der Waals surface area contributed by atoms with Crippen LogP contribution in [0.3, 0.4) is 0 Å². The third-order valence-electron chi connectivity index (χ3n) is 2.18. The van der Waals surface area contributed by atoms with E-state index in [2.05, 4.69) is 4.98 Å². The van der Waals surface area contributed by atoms with Crippen LogP contribution in [-0.4, -0.2) is 29.6 Å². The SMILES string of the molecule is O=Cc1cc(OCCO)c2ncccc2c1. The van der Waals surface area contributed by atoms with Gasteiger partial charge in [0.1, 0.15) is 24.2 Å². The molecule has 0 spiro atoms. The molecule has 1 heterocycles. The first-order chi connectivity index (χ1) is 7.85. The van der Waals surface area contributed by atoms with Crippen LogP contribution in [0.25, 0.3) is 10.9 Å². The Kier molecular flexibility index (Phi) is 3.12. The van der Waals surface area contributed by atoms with E-state index in [-0.39, 0.29) is 13.2 Å². The second kappa shape index (κ2) is 4.72. The number of ether oxygens (including phenoxy) is 1. The minimum absolute atomic E-state index is 0.0698. The van der Waals surface area contributed by atoms with Crippen LogP contribution in [0.1, 0.15) is 10.4 Å². The van der Waals surface area contributed by atoms with Crippen LogP contribution in [0.5, 0.6) is 5.75 Å². The van der Waals surface area contributed by atoms with E-state index in [1.165, 1.54) is 0 Å². The molecular weight excluding hydrogens is 206 g/mol. The molecule has 0 saturated carbocycles. The Bertz CT molecular complexity index is 511. The second-order valence-electron chi connectivity index (χ2n) is 3.28. The summed E-state index contributed by atoms with van der Waals surface area (Å²) in [6.07, 6.45) is 2.42. The molecule has 0 aliphatic heterocycles. The van der Waals surface area contributed by atoms with E-state index < -0.39 is 0 Å². The molecule has 4 nitrogen and oxygen atoms in total. The summed E-state index contributed by atoms with van der Waals surface area (Å²) >= 11 is 0. The monoisotopic (exact) mass is 217 g/mol. The molecule has 0 bridgehead atoms. The number of fused-ring (bicyclic) bond motifs is 1. The molecule has 1 aromatic carbocycles. The number of aliphatic hydroxyl groups is 1. The molecule has 0 amide bonds. The van der Waals surface area contributed by atoms with Gasteiger partial charge in [0.25, 0.3) is 0 Å². The molecule has 0 aliphatic carbocycles. The Labute approximate surface area is 92.5 Å². The lowest BCUT2D eigenvalue weighted by atomic mass is 10.1. The highest BCUT2D eigenvalue weighted by Gasteiger charge is 2.05. The second-order valence-corrected chi connectivity index (χ2v) is 3.28. The Morgan fingerprint density at radius 2 is 2.31 bits per heavy atom. The molecule has 1 N–H and O–H groups in total. The molecule has 16 heavy (non-hydrogen) atoms. The highest BCUT2D eigenvalue weighted by Crippen LogP contribution is 2.24. The molecule has 0 aliphatic rings. The molecule has 0 fully saturated rings. The number of hydrogen-bond acceptors (Lipinski definition) is 4. The van der Waals surface area contributed by atoms with E-state index in [1.807, 2.05) is 6.07 Å². The molecular formula is C12H11NO3. The highest BCUT2D eigenvalue weighted by atomic mass is 16.5. The fraction of sp³-hybridized carbons (Fsp3) is 0.167. The zero-order valence-corrected chi connectivity index (χ0v) is 8.59. The fourth-order valence-corrected chi connectivity index (χ4v) is 1.51. The Morgan fingerprint density at radius 3 is 3.06 bits per heavy atom. The minimum Gasteiger partial charge on any atom is -0.489 e. The highest BCUT2D eigenvalue weighted by molar-refractivity contribution is 5.91. The summed E-state index contributed by atoms with van der Waals surface area (Å²) in [5.41, 5.74) is 1.23. The summed E-state index contributed by atoms with van der Waals surface area (Å²) in [4.78, 5) is 14.9. The molecule has 0 atom stereocenters. The normalized spacial score (nSPS) is 10.3. The number of hydrogen-bond donors (Lipinski definition) is 1. The first-order valence-corrected chi connectivity index (χ1v) is 4.93. The summed E-state index contributed by atoms with van der Waals surface area (Å²) in [7, 11) is 0. The lowest BCUT2D eigenvalue weighted by Crippen LogP contribution is -2.03. The standard InChI is InChI=1S/C12H11NO3/c14-4-5-16-11-7-9(8-15)6-10-2-1-3-13-12(10)11/h1-3,6-8,14H,4-5H2. The van der Waals surface area contributed by atoms with Gasteiger partial charge in [-0.25, -0.2) is 0 Å². The van der Waals surface area contributed by atoms with E-state index in [0.29, 0.717) is 16.8 Å². The molecule has 82 valence electrons. The summed E-state index contributed by atoms with van der Waals surface area (Å²) in [5, 5.41) is 9.56. The predicted octanol–water partition coefficient (Wildman–Crippen LogP) is 1.42. The zero-order chi connectivity index (χ0) is 11.4. The summed E-state index contributed by atoms with van der Waals surface area (Å²) in [5.74, 6) is 0.522. The molecule has 0 saturated heterocycles. The summed E-state index contributed by atoms with van der Waals surface area (Å²) < 4.78 is 5.34. The van der Waals surface area contributed by atoms with Crippen molar-refractivity contribution in [3.05, 3.63) is 36.0 Å². The van der Waals surface area contributed by atoms with Crippen LogP contribution in [-0.2, 0) is 0 Å². The number of aldehydes is 1. The van der Waals surface area contributed by atoms with Crippen LogP contribution in [0.2, 0.25) is 0 Å². The molecule has 0 radical (unpaired) electrons. The van der Waals surface area contributed by atoms with Crippen molar-refractivity contribution in [2.24, 2.45) is 0 Å². The largest absolute Gasteiger partial charge is 0.489 e. The number of carbonyl (C=O) groups is 1. The lowest BCUT2D eigenvalue weighted by Gasteiger charge is -2.08. The zero-order valence-electron chi connectivity index (χ0n) is 8.59. The van der Waals surface area contributed by atoms with Crippen LogP contribution in [0.4, 0.5) is 0 Å². The molecule has 2 rings (SSSR count). The van der Waals surface area contributed by atoms with Crippen LogP contribution in [0.15, 0.2) is 30.5 Å². The van der Waals surface area contributed by atoms with Crippen molar-refractivity contribution in [1.82, 2.24) is 4.98 Å². The molecule has 0 unspecified atom stereocenters. The van der Waals surface area contributed by atoms with Gasteiger partial charge in [-0.05, 0) is 18.2 Å². The van der Waals surface area contributed by atoms with Crippen molar-refractivity contribution in [2.75, 3.05) is 13.2 Å². The lowest BCUT2D eigenvalue weighted by molar-refractivity contribution is 0.112. The van der Waals surface area contributed by atoms with Gasteiger partial charge in [0.15, 0.2) is 0 Å². The maximum Gasteiger partial charge on any atom is 0.150 e. The fourth-order valence-electron chi connectivity index (χ4n) is 1.51. The van der Waals surface area contributed by atoms with E-state index >= 15 is 0 Å². The number of pyridine rings is 1. The number of benzene rings is 1. The van der Waals surface area contributed by atoms with Gasteiger partial charge in [0.05, 0.1) is 6.61 Å². The minimum atomic E-state index is -0.0698.